The maximum absolute atomic E-state index is 5.93. The van der Waals surface area contributed by atoms with Crippen LogP contribution < -0.4 is 0 Å². The summed E-state index contributed by atoms with van der Waals surface area (Å²) in [5.74, 6) is 0.829. The molecule has 0 radical (unpaired) electrons. The smallest absolute Gasteiger partial charge is 0.198 e. The average Bonchev–Trinajstić information content (AvgIpc) is 2.76. The largest absolute Gasteiger partial charge is 0.282 e. The maximum atomic E-state index is 5.93. The quantitative estimate of drug-likeness (QED) is 0.690. The molecular formula is C11H8ClN5. The Morgan fingerprint density at radius 2 is 1.94 bits per heavy atom. The summed E-state index contributed by atoms with van der Waals surface area (Å²) >= 11 is 5.93. The minimum absolute atomic E-state index is 0.362. The highest BCUT2D eigenvalue weighted by atomic mass is 35.5. The molecule has 0 aliphatic rings. The fourth-order valence-electron chi connectivity index (χ4n) is 1.65. The first-order valence-electron chi connectivity index (χ1n) is 5.07. The van der Waals surface area contributed by atoms with Gasteiger partial charge in [0.25, 0.3) is 0 Å². The maximum Gasteiger partial charge on any atom is 0.198 e. The van der Waals surface area contributed by atoms with Crippen molar-refractivity contribution in [3.8, 4) is 0 Å². The minimum atomic E-state index is 0.362. The first kappa shape index (κ1) is 10.2. The summed E-state index contributed by atoms with van der Waals surface area (Å²) < 4.78 is 1.84. The van der Waals surface area contributed by atoms with Gasteiger partial charge in [0.15, 0.2) is 10.8 Å². The Morgan fingerprint density at radius 3 is 2.76 bits per heavy atom. The lowest BCUT2D eigenvalue weighted by atomic mass is 10.2. The van der Waals surface area contributed by atoms with Gasteiger partial charge in [-0.1, -0.05) is 11.6 Å². The van der Waals surface area contributed by atoms with E-state index in [1.165, 1.54) is 0 Å². The van der Waals surface area contributed by atoms with E-state index in [1.54, 1.807) is 24.8 Å². The number of halogens is 1. The lowest BCUT2D eigenvalue weighted by Gasteiger charge is -1.99. The molecule has 0 aliphatic carbocycles. The van der Waals surface area contributed by atoms with Crippen LogP contribution in [0.25, 0.3) is 5.65 Å². The third kappa shape index (κ3) is 1.85. The zero-order valence-electron chi connectivity index (χ0n) is 8.79. The molecule has 17 heavy (non-hydrogen) atoms. The Morgan fingerprint density at radius 1 is 1.12 bits per heavy atom. The fraction of sp³-hybridized carbons (Fsp3) is 0.0909. The molecule has 0 aliphatic heterocycles. The average molecular weight is 246 g/mol. The van der Waals surface area contributed by atoms with Crippen LogP contribution in [-0.4, -0.2) is 24.6 Å². The van der Waals surface area contributed by atoms with E-state index in [0.29, 0.717) is 17.2 Å². The van der Waals surface area contributed by atoms with Gasteiger partial charge in [-0.15, -0.1) is 10.2 Å². The van der Waals surface area contributed by atoms with Crippen LogP contribution >= 0.6 is 11.6 Å². The van der Waals surface area contributed by atoms with Crippen LogP contribution in [0.5, 0.6) is 0 Å². The summed E-state index contributed by atoms with van der Waals surface area (Å²) in [7, 11) is 0. The van der Waals surface area contributed by atoms with Crippen molar-refractivity contribution in [2.45, 2.75) is 6.42 Å². The first-order valence-corrected chi connectivity index (χ1v) is 5.45. The van der Waals surface area contributed by atoms with E-state index in [1.807, 2.05) is 16.5 Å². The number of hydrogen-bond donors (Lipinski definition) is 0. The van der Waals surface area contributed by atoms with Gasteiger partial charge in [0.1, 0.15) is 5.82 Å². The third-order valence-electron chi connectivity index (χ3n) is 2.47. The second kappa shape index (κ2) is 4.10. The van der Waals surface area contributed by atoms with Crippen molar-refractivity contribution < 1.29 is 0 Å². The summed E-state index contributed by atoms with van der Waals surface area (Å²) in [6, 6.07) is 3.90. The standard InChI is InChI=1S/C11H8ClN5/c12-10-11-16-15-9(17(11)6-5-14-10)7-8-1-3-13-4-2-8/h1-6H,7H2. The van der Waals surface area contributed by atoms with Crippen LogP contribution in [0.4, 0.5) is 0 Å². The third-order valence-corrected chi connectivity index (χ3v) is 2.73. The zero-order chi connectivity index (χ0) is 11.7. The number of nitrogens with zero attached hydrogens (tertiary/aromatic N) is 5. The molecule has 84 valence electrons. The van der Waals surface area contributed by atoms with Gasteiger partial charge in [-0.25, -0.2) is 4.98 Å². The van der Waals surface area contributed by atoms with Crippen molar-refractivity contribution in [3.05, 3.63) is 53.5 Å². The van der Waals surface area contributed by atoms with Gasteiger partial charge in [0.2, 0.25) is 0 Å². The van der Waals surface area contributed by atoms with Gasteiger partial charge in [-0.3, -0.25) is 9.38 Å². The predicted octanol–water partition coefficient (Wildman–Crippen LogP) is 1.76. The van der Waals surface area contributed by atoms with Crippen LogP contribution in [0.1, 0.15) is 11.4 Å². The van der Waals surface area contributed by atoms with Gasteiger partial charge in [0.05, 0.1) is 0 Å². The van der Waals surface area contributed by atoms with Crippen LogP contribution in [0.15, 0.2) is 36.9 Å². The van der Waals surface area contributed by atoms with Gasteiger partial charge in [-0.05, 0) is 17.7 Å². The van der Waals surface area contributed by atoms with Crippen molar-refractivity contribution in [1.82, 2.24) is 24.6 Å². The first-order chi connectivity index (χ1) is 8.34. The topological polar surface area (TPSA) is 56.0 Å². The second-order valence-electron chi connectivity index (χ2n) is 3.56. The van der Waals surface area contributed by atoms with E-state index < -0.39 is 0 Å². The minimum Gasteiger partial charge on any atom is -0.282 e. The van der Waals surface area contributed by atoms with Gasteiger partial charge in [-0.2, -0.15) is 0 Å². The molecule has 6 heteroatoms. The van der Waals surface area contributed by atoms with E-state index in [4.69, 9.17) is 11.6 Å². The summed E-state index contributed by atoms with van der Waals surface area (Å²) in [6.07, 6.45) is 7.64. The molecule has 0 amide bonds. The SMILES string of the molecule is Clc1nccn2c(Cc3ccncc3)nnc12. The molecule has 0 unspecified atom stereocenters. The van der Waals surface area contributed by atoms with Crippen molar-refractivity contribution in [2.75, 3.05) is 0 Å². The molecule has 0 N–H and O–H groups in total. The Balaban J connectivity index is 2.05. The molecule has 0 spiro atoms. The van der Waals surface area contributed by atoms with Crippen molar-refractivity contribution in [3.63, 3.8) is 0 Å². The zero-order valence-corrected chi connectivity index (χ0v) is 9.54. The highest BCUT2D eigenvalue weighted by Crippen LogP contribution is 2.14. The molecule has 3 aromatic heterocycles. The van der Waals surface area contributed by atoms with Gasteiger partial charge >= 0.3 is 0 Å². The van der Waals surface area contributed by atoms with Gasteiger partial charge < -0.3 is 0 Å². The Hall–Kier alpha value is -2.01. The van der Waals surface area contributed by atoms with E-state index in [0.717, 1.165) is 11.4 Å². The number of aromatic nitrogens is 5. The van der Waals surface area contributed by atoms with Crippen LogP contribution in [0.3, 0.4) is 0 Å². The Labute approximate surface area is 102 Å². The fourth-order valence-corrected chi connectivity index (χ4v) is 1.83. The molecule has 0 atom stereocenters. The van der Waals surface area contributed by atoms with E-state index in [9.17, 15) is 0 Å². The summed E-state index contributed by atoms with van der Waals surface area (Å²) in [4.78, 5) is 7.94. The summed E-state index contributed by atoms with van der Waals surface area (Å²) in [6.45, 7) is 0. The molecule has 3 heterocycles. The summed E-state index contributed by atoms with van der Waals surface area (Å²) in [5.41, 5.74) is 1.71. The van der Waals surface area contributed by atoms with E-state index in [-0.39, 0.29) is 0 Å². The lowest BCUT2D eigenvalue weighted by Crippen LogP contribution is -1.97. The molecule has 0 aromatic carbocycles. The van der Waals surface area contributed by atoms with Gasteiger partial charge in [0, 0.05) is 31.2 Å². The van der Waals surface area contributed by atoms with Crippen molar-refractivity contribution >= 4 is 17.2 Å². The molecule has 0 fully saturated rings. The van der Waals surface area contributed by atoms with Crippen LogP contribution in [0.2, 0.25) is 5.15 Å². The molecule has 3 rings (SSSR count). The highest BCUT2D eigenvalue weighted by Gasteiger charge is 2.08. The highest BCUT2D eigenvalue weighted by molar-refractivity contribution is 6.32. The molecule has 3 aromatic rings. The normalized spacial score (nSPS) is 10.9. The Kier molecular flexibility index (Phi) is 2.45. The van der Waals surface area contributed by atoms with Crippen molar-refractivity contribution in [1.29, 1.82) is 0 Å². The number of rotatable bonds is 2. The van der Waals surface area contributed by atoms with E-state index >= 15 is 0 Å². The molecule has 5 nitrogen and oxygen atoms in total. The molecule has 0 bridgehead atoms. The van der Waals surface area contributed by atoms with Crippen LogP contribution in [0, 0.1) is 0 Å². The second-order valence-corrected chi connectivity index (χ2v) is 3.92. The predicted molar refractivity (Wildman–Crippen MR) is 62.8 cm³/mol. The number of fused-ring (bicyclic) bond motifs is 1. The van der Waals surface area contributed by atoms with E-state index in [2.05, 4.69) is 20.2 Å². The van der Waals surface area contributed by atoms with Crippen molar-refractivity contribution in [2.24, 2.45) is 0 Å². The monoisotopic (exact) mass is 245 g/mol. The lowest BCUT2D eigenvalue weighted by molar-refractivity contribution is 0.929. The molecular weight excluding hydrogens is 238 g/mol. The molecule has 0 saturated heterocycles. The number of hydrogen-bond acceptors (Lipinski definition) is 4. The van der Waals surface area contributed by atoms with Crippen LogP contribution in [-0.2, 0) is 6.42 Å². The Bertz CT molecular complexity index is 649. The summed E-state index contributed by atoms with van der Waals surface area (Å²) in [5, 5.41) is 8.50. The number of pyridine rings is 1. The molecule has 0 saturated carbocycles.